The number of hydrogen-bond donors (Lipinski definition) is 1. The molecule has 2 rings (SSSR count). The van der Waals surface area contributed by atoms with Gasteiger partial charge in [-0.15, -0.1) is 11.8 Å². The van der Waals surface area contributed by atoms with Gasteiger partial charge in [-0.25, -0.2) is 0 Å². The highest BCUT2D eigenvalue weighted by atomic mass is 32.2. The molecule has 10 heavy (non-hydrogen) atoms. The molecule has 1 aromatic carbocycles. The van der Waals surface area contributed by atoms with Crippen LogP contribution in [-0.4, -0.2) is 0 Å². The van der Waals surface area contributed by atoms with Crippen LogP contribution in [0.1, 0.15) is 5.56 Å². The van der Waals surface area contributed by atoms with Crippen LogP contribution in [0.4, 0.5) is 5.69 Å². The number of thioether (sulfide) groups is 1. The van der Waals surface area contributed by atoms with Crippen LogP contribution < -0.4 is 5.32 Å². The summed E-state index contributed by atoms with van der Waals surface area (Å²) in [6.45, 7) is 0. The van der Waals surface area contributed by atoms with Crippen LogP contribution in [0.25, 0.3) is 0 Å². The molecule has 0 unspecified atom stereocenters. The Bertz CT molecular complexity index is 209. The molecular formula is C8H7NS. The van der Waals surface area contributed by atoms with Crippen molar-refractivity contribution in [1.82, 2.24) is 0 Å². The van der Waals surface area contributed by atoms with Gasteiger partial charge < -0.3 is 5.32 Å². The number of benzene rings is 1. The molecule has 0 atom stereocenters. The first-order valence-electron chi connectivity index (χ1n) is 3.17. The minimum absolute atomic E-state index is 1.04. The predicted molar refractivity (Wildman–Crippen MR) is 44.6 cm³/mol. The third-order valence-corrected chi connectivity index (χ3v) is 2.20. The molecule has 2 radical (unpaired) electrons. The largest absolute Gasteiger partial charge is 0.365 e. The maximum atomic E-state index is 3.08. The van der Waals surface area contributed by atoms with E-state index < -0.39 is 0 Å². The quantitative estimate of drug-likeness (QED) is 0.607. The summed E-state index contributed by atoms with van der Waals surface area (Å²) >= 11 is 1.68. The van der Waals surface area contributed by atoms with Gasteiger partial charge in [-0.2, -0.15) is 0 Å². The standard InChI is InChI=1S/C8H7NS/c1-2-4-8-7(3-1)5-10-6-9-8/h1-4,9H,5H2. The Morgan fingerprint density at radius 3 is 3.20 bits per heavy atom. The topological polar surface area (TPSA) is 12.0 Å². The third kappa shape index (κ3) is 0.991. The molecule has 1 N–H and O–H groups in total. The van der Waals surface area contributed by atoms with Crippen LogP contribution in [-0.2, 0) is 5.75 Å². The van der Waals surface area contributed by atoms with Crippen LogP contribution in [0.5, 0.6) is 0 Å². The van der Waals surface area contributed by atoms with E-state index in [0.29, 0.717) is 0 Å². The number of hydrogen-bond acceptors (Lipinski definition) is 2. The second-order valence-corrected chi connectivity index (χ2v) is 2.95. The van der Waals surface area contributed by atoms with Gasteiger partial charge in [-0.3, -0.25) is 0 Å². The average molecular weight is 149 g/mol. The van der Waals surface area contributed by atoms with Crippen LogP contribution >= 0.6 is 11.8 Å². The number of para-hydroxylation sites is 1. The first kappa shape index (κ1) is 6.10. The van der Waals surface area contributed by atoms with Crippen LogP contribution in [0, 0.1) is 5.88 Å². The van der Waals surface area contributed by atoms with E-state index in [1.807, 2.05) is 6.07 Å². The maximum absolute atomic E-state index is 3.08. The Labute approximate surface area is 64.8 Å². The normalized spacial score (nSPS) is 15.6. The predicted octanol–water partition coefficient (Wildman–Crippen LogP) is 2.34. The summed E-state index contributed by atoms with van der Waals surface area (Å²) in [5, 5.41) is 3.08. The van der Waals surface area contributed by atoms with Crippen molar-refractivity contribution < 1.29 is 0 Å². The summed E-state index contributed by atoms with van der Waals surface area (Å²) in [7, 11) is 0. The molecule has 2 heteroatoms. The van der Waals surface area contributed by atoms with Crippen molar-refractivity contribution in [1.29, 1.82) is 0 Å². The minimum atomic E-state index is 1.04. The van der Waals surface area contributed by atoms with Gasteiger partial charge in [0.25, 0.3) is 0 Å². The van der Waals surface area contributed by atoms with Crippen molar-refractivity contribution in [3.63, 3.8) is 0 Å². The second kappa shape index (κ2) is 2.54. The van der Waals surface area contributed by atoms with Crippen molar-refractivity contribution >= 4 is 17.4 Å². The molecule has 0 spiro atoms. The summed E-state index contributed by atoms with van der Waals surface area (Å²) in [4.78, 5) is 0. The Morgan fingerprint density at radius 2 is 2.30 bits per heavy atom. The van der Waals surface area contributed by atoms with E-state index in [4.69, 9.17) is 0 Å². The zero-order valence-electron chi connectivity index (χ0n) is 5.42. The van der Waals surface area contributed by atoms with Gasteiger partial charge in [0, 0.05) is 11.4 Å². The van der Waals surface area contributed by atoms with E-state index in [0.717, 1.165) is 5.75 Å². The number of anilines is 1. The van der Waals surface area contributed by atoms with Gasteiger partial charge in [0.2, 0.25) is 0 Å². The molecule has 0 aliphatic carbocycles. The van der Waals surface area contributed by atoms with Crippen molar-refractivity contribution in [3.8, 4) is 0 Å². The van der Waals surface area contributed by atoms with Crippen LogP contribution in [0.15, 0.2) is 24.3 Å². The molecule has 0 saturated carbocycles. The van der Waals surface area contributed by atoms with E-state index in [1.165, 1.54) is 11.3 Å². The lowest BCUT2D eigenvalue weighted by Crippen LogP contribution is -2.01. The molecule has 1 heterocycles. The fraction of sp³-hybridized carbons (Fsp3) is 0.125. The van der Waals surface area contributed by atoms with E-state index in [-0.39, 0.29) is 0 Å². The van der Waals surface area contributed by atoms with E-state index in [1.54, 1.807) is 11.8 Å². The van der Waals surface area contributed by atoms with E-state index >= 15 is 0 Å². The average Bonchev–Trinajstić information content (AvgIpc) is 2.05. The Kier molecular flexibility index (Phi) is 1.55. The molecule has 1 aromatic rings. The summed E-state index contributed by atoms with van der Waals surface area (Å²) in [6.07, 6.45) is 0. The van der Waals surface area contributed by atoms with Crippen molar-refractivity contribution in [2.75, 3.05) is 5.32 Å². The molecule has 0 saturated heterocycles. The Morgan fingerprint density at radius 1 is 1.40 bits per heavy atom. The van der Waals surface area contributed by atoms with Gasteiger partial charge in [0.1, 0.15) is 0 Å². The second-order valence-electron chi connectivity index (χ2n) is 2.17. The van der Waals surface area contributed by atoms with E-state index in [2.05, 4.69) is 29.4 Å². The van der Waals surface area contributed by atoms with Gasteiger partial charge in [0.15, 0.2) is 5.88 Å². The first-order chi connectivity index (χ1) is 4.97. The monoisotopic (exact) mass is 149 g/mol. The SMILES string of the molecule is [C]1Nc2ccccc2CS1. The summed E-state index contributed by atoms with van der Waals surface area (Å²) in [6, 6.07) is 8.30. The van der Waals surface area contributed by atoms with Gasteiger partial charge in [0.05, 0.1) is 0 Å². The van der Waals surface area contributed by atoms with Crippen LogP contribution in [0.2, 0.25) is 0 Å². The van der Waals surface area contributed by atoms with Gasteiger partial charge in [-0.1, -0.05) is 18.2 Å². The molecule has 0 amide bonds. The molecule has 0 fully saturated rings. The van der Waals surface area contributed by atoms with E-state index in [9.17, 15) is 0 Å². The Hall–Kier alpha value is -0.630. The third-order valence-electron chi connectivity index (χ3n) is 1.50. The fourth-order valence-electron chi connectivity index (χ4n) is 0.973. The zero-order valence-corrected chi connectivity index (χ0v) is 6.24. The van der Waals surface area contributed by atoms with Gasteiger partial charge >= 0.3 is 0 Å². The number of fused-ring (bicyclic) bond motifs is 1. The highest BCUT2D eigenvalue weighted by molar-refractivity contribution is 8.00. The fourth-order valence-corrected chi connectivity index (χ4v) is 1.63. The summed E-state index contributed by atoms with van der Waals surface area (Å²) < 4.78 is 0. The lowest BCUT2D eigenvalue weighted by Gasteiger charge is -2.14. The maximum Gasteiger partial charge on any atom is 0.156 e. The molecule has 50 valence electrons. The first-order valence-corrected chi connectivity index (χ1v) is 4.16. The number of nitrogens with one attached hydrogen (secondary N) is 1. The van der Waals surface area contributed by atoms with Crippen molar-refractivity contribution in [3.05, 3.63) is 35.7 Å². The van der Waals surface area contributed by atoms with Crippen LogP contribution in [0.3, 0.4) is 0 Å². The molecule has 1 aliphatic heterocycles. The molecule has 1 aliphatic rings. The van der Waals surface area contributed by atoms with Crippen molar-refractivity contribution in [2.24, 2.45) is 0 Å². The van der Waals surface area contributed by atoms with Crippen molar-refractivity contribution in [2.45, 2.75) is 5.75 Å². The zero-order chi connectivity index (χ0) is 6.81. The Balaban J connectivity index is 2.41. The molecule has 1 nitrogen and oxygen atoms in total. The number of rotatable bonds is 0. The summed E-state index contributed by atoms with van der Waals surface area (Å²) in [5.74, 6) is 4.05. The molecular weight excluding hydrogens is 142 g/mol. The summed E-state index contributed by atoms with van der Waals surface area (Å²) in [5.41, 5.74) is 2.56. The lowest BCUT2D eigenvalue weighted by atomic mass is 10.2. The minimum Gasteiger partial charge on any atom is -0.365 e. The highest BCUT2D eigenvalue weighted by Gasteiger charge is 2.06. The highest BCUT2D eigenvalue weighted by Crippen LogP contribution is 2.27. The molecule has 0 bridgehead atoms. The van der Waals surface area contributed by atoms with Gasteiger partial charge in [-0.05, 0) is 11.6 Å². The lowest BCUT2D eigenvalue weighted by molar-refractivity contribution is 1.36. The molecule has 0 aromatic heterocycles. The smallest absolute Gasteiger partial charge is 0.156 e.